The van der Waals surface area contributed by atoms with Crippen molar-refractivity contribution in [1.29, 1.82) is 0 Å². The van der Waals surface area contributed by atoms with E-state index >= 15 is 0 Å². The van der Waals surface area contributed by atoms with Gasteiger partial charge in [0.1, 0.15) is 5.57 Å². The van der Waals surface area contributed by atoms with Crippen LogP contribution in [0.15, 0.2) is 54.1 Å². The Labute approximate surface area is 162 Å². The third kappa shape index (κ3) is 5.30. The van der Waals surface area contributed by atoms with E-state index in [2.05, 4.69) is 40.2 Å². The molecule has 0 amide bonds. The number of carbonyl (C=O) groups excluding carboxylic acids is 2. The maximum atomic E-state index is 12.0. The van der Waals surface area contributed by atoms with Crippen LogP contribution in [0.1, 0.15) is 25.0 Å². The fourth-order valence-electron chi connectivity index (χ4n) is 2.34. The van der Waals surface area contributed by atoms with E-state index in [1.54, 1.807) is 13.8 Å². The molecule has 0 aliphatic rings. The Balaban J connectivity index is 2.26. The zero-order valence-electron chi connectivity index (χ0n) is 14.8. The molecule has 5 heteroatoms. The number of hydrogen-bond acceptors (Lipinski definition) is 4. The predicted molar refractivity (Wildman–Crippen MR) is 106 cm³/mol. The highest BCUT2D eigenvalue weighted by Gasteiger charge is 2.20. The zero-order chi connectivity index (χ0) is 18.9. The van der Waals surface area contributed by atoms with Crippen molar-refractivity contribution in [3.63, 3.8) is 0 Å². The van der Waals surface area contributed by atoms with Gasteiger partial charge in [0.25, 0.3) is 0 Å². The molecule has 0 spiro atoms. The van der Waals surface area contributed by atoms with Crippen molar-refractivity contribution in [2.45, 2.75) is 19.2 Å². The number of rotatable bonds is 7. The summed E-state index contributed by atoms with van der Waals surface area (Å²) in [5, 5.41) is 0.821. The smallest absolute Gasteiger partial charge is 0.345 e. The number of alkyl halides is 1. The molecule has 4 nitrogen and oxygen atoms in total. The molecule has 2 rings (SSSR count). The quantitative estimate of drug-likeness (QED) is 0.214. The third-order valence-electron chi connectivity index (χ3n) is 3.65. The number of benzene rings is 2. The van der Waals surface area contributed by atoms with Gasteiger partial charge in [0, 0.05) is 5.33 Å². The fourth-order valence-corrected chi connectivity index (χ4v) is 2.72. The summed E-state index contributed by atoms with van der Waals surface area (Å²) in [5.74, 6) is -1.36. The lowest BCUT2D eigenvalue weighted by Crippen LogP contribution is -2.18. The van der Waals surface area contributed by atoms with Crippen molar-refractivity contribution in [2.24, 2.45) is 0 Å². The first-order valence-electron chi connectivity index (χ1n) is 8.40. The summed E-state index contributed by atoms with van der Waals surface area (Å²) < 4.78 is 9.89. The Bertz CT molecular complexity index is 757. The molecule has 0 saturated carbocycles. The van der Waals surface area contributed by atoms with Gasteiger partial charge in [-0.25, -0.2) is 9.59 Å². The van der Waals surface area contributed by atoms with Crippen LogP contribution >= 0.6 is 15.9 Å². The first kappa shape index (κ1) is 19.9. The van der Waals surface area contributed by atoms with Crippen LogP contribution in [-0.2, 0) is 24.4 Å². The molecule has 0 radical (unpaired) electrons. The van der Waals surface area contributed by atoms with Crippen molar-refractivity contribution in [1.82, 2.24) is 0 Å². The molecule has 0 bridgehead atoms. The molecule has 2 aromatic rings. The maximum Gasteiger partial charge on any atom is 0.345 e. The normalized spacial score (nSPS) is 10.1. The Hall–Kier alpha value is -2.40. The Morgan fingerprint density at radius 3 is 1.73 bits per heavy atom. The molecule has 0 atom stereocenters. The highest BCUT2D eigenvalue weighted by atomic mass is 79.9. The highest BCUT2D eigenvalue weighted by molar-refractivity contribution is 9.08. The second kappa shape index (κ2) is 9.92. The van der Waals surface area contributed by atoms with Crippen molar-refractivity contribution < 1.29 is 19.1 Å². The summed E-state index contributed by atoms with van der Waals surface area (Å²) in [7, 11) is 0. The van der Waals surface area contributed by atoms with Gasteiger partial charge in [0.15, 0.2) is 0 Å². The molecule has 0 saturated heterocycles. The van der Waals surface area contributed by atoms with E-state index in [-0.39, 0.29) is 18.8 Å². The van der Waals surface area contributed by atoms with E-state index in [9.17, 15) is 9.59 Å². The lowest BCUT2D eigenvalue weighted by atomic mass is 10.0. The van der Waals surface area contributed by atoms with Crippen LogP contribution in [0.25, 0.3) is 17.2 Å². The number of hydrogen-bond donors (Lipinski definition) is 0. The SMILES string of the molecule is CCOC(=O)C(=Cc1ccc(-c2ccc(CBr)cc2)cc1)C(=O)OCC. The van der Waals surface area contributed by atoms with Crippen molar-refractivity contribution in [2.75, 3.05) is 13.2 Å². The fraction of sp³-hybridized carbons (Fsp3) is 0.238. The molecule has 0 unspecified atom stereocenters. The predicted octanol–water partition coefficient (Wildman–Crippen LogP) is 4.76. The van der Waals surface area contributed by atoms with E-state index in [1.165, 1.54) is 11.6 Å². The van der Waals surface area contributed by atoms with Gasteiger partial charge in [0.2, 0.25) is 0 Å². The molecule has 0 aliphatic heterocycles. The number of ether oxygens (including phenoxy) is 2. The number of halogens is 1. The Morgan fingerprint density at radius 1 is 0.846 bits per heavy atom. The second-order valence-corrected chi connectivity index (χ2v) is 6.01. The minimum Gasteiger partial charge on any atom is -0.462 e. The molecule has 0 N–H and O–H groups in total. The standard InChI is InChI=1S/C21H21BrO4/c1-3-25-20(23)19(21(24)26-4-2)13-15-5-9-17(10-6-15)18-11-7-16(14-22)8-12-18/h5-13H,3-4,14H2,1-2H3. The number of esters is 2. The molecule has 2 aromatic carbocycles. The summed E-state index contributed by atoms with van der Waals surface area (Å²) in [6.45, 7) is 3.77. The largest absolute Gasteiger partial charge is 0.462 e. The number of carbonyl (C=O) groups is 2. The third-order valence-corrected chi connectivity index (χ3v) is 4.30. The van der Waals surface area contributed by atoms with E-state index in [4.69, 9.17) is 9.47 Å². The summed E-state index contributed by atoms with van der Waals surface area (Å²) in [5.41, 5.74) is 3.98. The second-order valence-electron chi connectivity index (χ2n) is 5.45. The molecule has 0 heterocycles. The van der Waals surface area contributed by atoms with E-state index in [1.807, 2.05) is 24.3 Å². The van der Waals surface area contributed by atoms with Crippen LogP contribution < -0.4 is 0 Å². The lowest BCUT2D eigenvalue weighted by molar-refractivity contribution is -0.146. The van der Waals surface area contributed by atoms with E-state index in [0.717, 1.165) is 22.0 Å². The highest BCUT2D eigenvalue weighted by Crippen LogP contribution is 2.22. The maximum absolute atomic E-state index is 12.0. The van der Waals surface area contributed by atoms with Gasteiger partial charge in [-0.15, -0.1) is 0 Å². The van der Waals surface area contributed by atoms with Crippen LogP contribution in [-0.4, -0.2) is 25.2 Å². The van der Waals surface area contributed by atoms with Crippen molar-refractivity contribution in [3.8, 4) is 11.1 Å². The minimum atomic E-state index is -0.680. The van der Waals surface area contributed by atoms with Crippen molar-refractivity contribution in [3.05, 3.63) is 65.2 Å². The van der Waals surface area contributed by atoms with E-state index < -0.39 is 11.9 Å². The van der Waals surface area contributed by atoms with Gasteiger partial charge in [-0.1, -0.05) is 64.5 Å². The van der Waals surface area contributed by atoms with E-state index in [0.29, 0.717) is 0 Å². The van der Waals surface area contributed by atoms with Crippen LogP contribution in [0.4, 0.5) is 0 Å². The van der Waals surface area contributed by atoms with Crippen LogP contribution in [0.2, 0.25) is 0 Å². The summed E-state index contributed by atoms with van der Waals surface area (Å²) >= 11 is 3.43. The average Bonchev–Trinajstić information content (AvgIpc) is 2.67. The van der Waals surface area contributed by atoms with Crippen molar-refractivity contribution >= 4 is 33.9 Å². The van der Waals surface area contributed by atoms with Gasteiger partial charge in [0.05, 0.1) is 13.2 Å². The van der Waals surface area contributed by atoms with Gasteiger partial charge in [-0.3, -0.25) is 0 Å². The monoisotopic (exact) mass is 416 g/mol. The first-order chi connectivity index (χ1) is 12.6. The molecular weight excluding hydrogens is 396 g/mol. The summed E-state index contributed by atoms with van der Waals surface area (Å²) in [6.07, 6.45) is 1.49. The first-order valence-corrected chi connectivity index (χ1v) is 9.52. The molecule has 0 aromatic heterocycles. The van der Waals surface area contributed by atoms with Gasteiger partial charge < -0.3 is 9.47 Å². The van der Waals surface area contributed by atoms with Gasteiger partial charge >= 0.3 is 11.9 Å². The average molecular weight is 417 g/mol. The molecule has 136 valence electrons. The zero-order valence-corrected chi connectivity index (χ0v) is 16.4. The summed E-state index contributed by atoms with van der Waals surface area (Å²) in [4.78, 5) is 24.0. The van der Waals surface area contributed by atoms with Gasteiger partial charge in [-0.05, 0) is 42.2 Å². The lowest BCUT2D eigenvalue weighted by Gasteiger charge is -2.07. The Morgan fingerprint density at radius 2 is 1.31 bits per heavy atom. The molecular formula is C21H21BrO4. The molecule has 26 heavy (non-hydrogen) atoms. The Kier molecular flexibility index (Phi) is 7.60. The molecule has 0 fully saturated rings. The van der Waals surface area contributed by atoms with Crippen LogP contribution in [0.3, 0.4) is 0 Å². The summed E-state index contributed by atoms with van der Waals surface area (Å²) in [6, 6.07) is 15.9. The van der Waals surface area contributed by atoms with Crippen LogP contribution in [0.5, 0.6) is 0 Å². The topological polar surface area (TPSA) is 52.6 Å². The molecule has 0 aliphatic carbocycles. The minimum absolute atomic E-state index is 0.108. The van der Waals surface area contributed by atoms with Crippen LogP contribution in [0, 0.1) is 0 Å². The van der Waals surface area contributed by atoms with Gasteiger partial charge in [-0.2, -0.15) is 0 Å².